The molecule has 0 fully saturated rings. The summed E-state index contributed by atoms with van der Waals surface area (Å²) in [7, 11) is 1.84. The van der Waals surface area contributed by atoms with E-state index in [1.54, 1.807) is 29.2 Å². The molecule has 0 saturated heterocycles. The Morgan fingerprint density at radius 3 is 2.64 bits per heavy atom. The van der Waals surface area contributed by atoms with Crippen molar-refractivity contribution >= 4 is 17.5 Å². The first-order valence-electron chi connectivity index (χ1n) is 6.80. The Labute approximate surface area is 127 Å². The van der Waals surface area contributed by atoms with Gasteiger partial charge in [0.25, 0.3) is 0 Å². The van der Waals surface area contributed by atoms with E-state index in [2.05, 4.69) is 20.7 Å². The number of carbonyl (C=O) groups excluding carboxylic acids is 1. The van der Waals surface area contributed by atoms with E-state index in [9.17, 15) is 4.79 Å². The van der Waals surface area contributed by atoms with Gasteiger partial charge >= 0.3 is 6.03 Å². The summed E-state index contributed by atoms with van der Waals surface area (Å²) in [5.74, 6) is 0.489. The average molecular weight is 293 g/mol. The van der Waals surface area contributed by atoms with E-state index in [1.165, 1.54) is 0 Å². The van der Waals surface area contributed by atoms with Crippen LogP contribution in [0, 0.1) is 0 Å². The zero-order valence-corrected chi connectivity index (χ0v) is 12.0. The molecule has 2 N–H and O–H groups in total. The van der Waals surface area contributed by atoms with E-state index in [4.69, 9.17) is 0 Å². The maximum absolute atomic E-state index is 11.9. The van der Waals surface area contributed by atoms with Crippen LogP contribution in [-0.4, -0.2) is 20.8 Å². The lowest BCUT2D eigenvalue weighted by Gasteiger charge is -2.04. The average Bonchev–Trinajstić information content (AvgIpc) is 2.89. The summed E-state index contributed by atoms with van der Waals surface area (Å²) < 4.78 is 1.73. The second-order valence-corrected chi connectivity index (χ2v) is 4.73. The fourth-order valence-electron chi connectivity index (χ4n) is 2.12. The third kappa shape index (κ3) is 3.12. The molecule has 3 rings (SSSR count). The Hall–Kier alpha value is -3.15. The molecule has 0 radical (unpaired) electrons. The van der Waals surface area contributed by atoms with Gasteiger partial charge in [0, 0.05) is 19.3 Å². The molecule has 0 saturated carbocycles. The van der Waals surface area contributed by atoms with Crippen LogP contribution in [0.1, 0.15) is 0 Å². The number of benzene rings is 1. The molecule has 0 aliphatic rings. The number of pyridine rings is 1. The van der Waals surface area contributed by atoms with Gasteiger partial charge in [-0.05, 0) is 17.7 Å². The van der Waals surface area contributed by atoms with Crippen molar-refractivity contribution in [2.75, 3.05) is 10.6 Å². The zero-order chi connectivity index (χ0) is 15.4. The summed E-state index contributed by atoms with van der Waals surface area (Å²) >= 11 is 0. The molecular weight excluding hydrogens is 278 g/mol. The molecular formula is C16H15N5O. The van der Waals surface area contributed by atoms with E-state index in [1.807, 2.05) is 43.4 Å². The second-order valence-electron chi connectivity index (χ2n) is 4.73. The number of amides is 2. The Bertz CT molecular complexity index is 768. The highest BCUT2D eigenvalue weighted by molar-refractivity contribution is 5.99. The van der Waals surface area contributed by atoms with Gasteiger partial charge in [0.05, 0.1) is 17.6 Å². The smallest absolute Gasteiger partial charge is 0.306 e. The number of hydrogen-bond donors (Lipinski definition) is 2. The number of aromatic nitrogens is 3. The van der Waals surface area contributed by atoms with Crippen LogP contribution in [0.3, 0.4) is 0 Å². The summed E-state index contributed by atoms with van der Waals surface area (Å²) in [5.41, 5.74) is 2.59. The van der Waals surface area contributed by atoms with Crippen molar-refractivity contribution in [1.29, 1.82) is 0 Å². The van der Waals surface area contributed by atoms with Gasteiger partial charge in [0.1, 0.15) is 0 Å². The summed E-state index contributed by atoms with van der Waals surface area (Å²) in [6, 6.07) is 14.9. The molecule has 22 heavy (non-hydrogen) atoms. The Morgan fingerprint density at radius 2 is 1.91 bits per heavy atom. The van der Waals surface area contributed by atoms with Crippen LogP contribution in [0.15, 0.2) is 60.9 Å². The largest absolute Gasteiger partial charge is 0.324 e. The molecule has 0 spiro atoms. The molecule has 0 bridgehead atoms. The van der Waals surface area contributed by atoms with Gasteiger partial charge in [-0.1, -0.05) is 30.3 Å². The molecule has 2 aromatic heterocycles. The SMILES string of the molecule is Cn1nc(NC(=O)Nc2cccnc2)cc1-c1ccccc1. The summed E-state index contributed by atoms with van der Waals surface area (Å²) in [4.78, 5) is 15.9. The van der Waals surface area contributed by atoms with Crippen molar-refractivity contribution in [3.63, 3.8) is 0 Å². The molecule has 0 unspecified atom stereocenters. The van der Waals surface area contributed by atoms with Gasteiger partial charge in [-0.2, -0.15) is 5.10 Å². The standard InChI is InChI=1S/C16H15N5O/c1-21-14(12-6-3-2-4-7-12)10-15(20-21)19-16(22)18-13-8-5-9-17-11-13/h2-11H,1H3,(H2,18,19,20,22). The van der Waals surface area contributed by atoms with Crippen molar-refractivity contribution in [3.05, 3.63) is 60.9 Å². The van der Waals surface area contributed by atoms with E-state index in [-0.39, 0.29) is 6.03 Å². The lowest BCUT2D eigenvalue weighted by molar-refractivity contribution is 0.262. The number of hydrogen-bond acceptors (Lipinski definition) is 3. The van der Waals surface area contributed by atoms with Gasteiger partial charge in [-0.25, -0.2) is 4.79 Å². The Kier molecular flexibility index (Phi) is 3.82. The first kappa shape index (κ1) is 13.8. The molecule has 2 amide bonds. The van der Waals surface area contributed by atoms with Crippen molar-refractivity contribution in [2.45, 2.75) is 0 Å². The minimum atomic E-state index is -0.356. The number of carbonyl (C=O) groups is 1. The summed E-state index contributed by atoms with van der Waals surface area (Å²) in [6.07, 6.45) is 3.22. The van der Waals surface area contributed by atoms with Crippen LogP contribution in [-0.2, 0) is 7.05 Å². The molecule has 2 heterocycles. The van der Waals surface area contributed by atoms with Gasteiger partial charge in [0.15, 0.2) is 5.82 Å². The first-order chi connectivity index (χ1) is 10.7. The monoisotopic (exact) mass is 293 g/mol. The predicted octanol–water partition coefficient (Wildman–Crippen LogP) is 3.13. The third-order valence-electron chi connectivity index (χ3n) is 3.11. The predicted molar refractivity (Wildman–Crippen MR) is 85.5 cm³/mol. The molecule has 0 atom stereocenters. The summed E-state index contributed by atoms with van der Waals surface area (Å²) in [5, 5.41) is 9.71. The van der Waals surface area contributed by atoms with E-state index >= 15 is 0 Å². The highest BCUT2D eigenvalue weighted by Gasteiger charge is 2.09. The van der Waals surface area contributed by atoms with Crippen LogP contribution in [0.25, 0.3) is 11.3 Å². The Morgan fingerprint density at radius 1 is 1.09 bits per heavy atom. The normalized spacial score (nSPS) is 10.2. The number of urea groups is 1. The number of nitrogens with one attached hydrogen (secondary N) is 2. The fourth-order valence-corrected chi connectivity index (χ4v) is 2.12. The van der Waals surface area contributed by atoms with Crippen molar-refractivity contribution in [1.82, 2.24) is 14.8 Å². The van der Waals surface area contributed by atoms with Crippen LogP contribution >= 0.6 is 0 Å². The van der Waals surface area contributed by atoms with Crippen LogP contribution in [0.4, 0.5) is 16.3 Å². The third-order valence-corrected chi connectivity index (χ3v) is 3.11. The highest BCUT2D eigenvalue weighted by Crippen LogP contribution is 2.21. The van der Waals surface area contributed by atoms with Crippen LogP contribution in [0.5, 0.6) is 0 Å². The molecule has 6 heteroatoms. The van der Waals surface area contributed by atoms with Gasteiger partial charge in [-0.3, -0.25) is 15.0 Å². The number of aryl methyl sites for hydroxylation is 1. The van der Waals surface area contributed by atoms with Crippen molar-refractivity contribution < 1.29 is 4.79 Å². The van der Waals surface area contributed by atoms with Gasteiger partial charge in [0.2, 0.25) is 0 Å². The second kappa shape index (κ2) is 6.09. The van der Waals surface area contributed by atoms with Crippen LogP contribution in [0.2, 0.25) is 0 Å². The lowest BCUT2D eigenvalue weighted by Crippen LogP contribution is -2.19. The molecule has 6 nitrogen and oxygen atoms in total. The van der Waals surface area contributed by atoms with Crippen LogP contribution < -0.4 is 10.6 Å². The molecule has 0 aliphatic heterocycles. The maximum Gasteiger partial charge on any atom is 0.324 e. The topological polar surface area (TPSA) is 71.8 Å². The maximum atomic E-state index is 11.9. The number of rotatable bonds is 3. The van der Waals surface area contributed by atoms with E-state index < -0.39 is 0 Å². The molecule has 1 aromatic carbocycles. The van der Waals surface area contributed by atoms with Crippen molar-refractivity contribution in [2.24, 2.45) is 7.05 Å². The molecule has 3 aromatic rings. The van der Waals surface area contributed by atoms with Gasteiger partial charge < -0.3 is 5.32 Å². The number of nitrogens with zero attached hydrogens (tertiary/aromatic N) is 3. The van der Waals surface area contributed by atoms with E-state index in [0.29, 0.717) is 11.5 Å². The van der Waals surface area contributed by atoms with Crippen molar-refractivity contribution in [3.8, 4) is 11.3 Å². The minimum Gasteiger partial charge on any atom is -0.306 e. The highest BCUT2D eigenvalue weighted by atomic mass is 16.2. The first-order valence-corrected chi connectivity index (χ1v) is 6.80. The molecule has 0 aliphatic carbocycles. The zero-order valence-electron chi connectivity index (χ0n) is 12.0. The Balaban J connectivity index is 1.73. The summed E-state index contributed by atoms with van der Waals surface area (Å²) in [6.45, 7) is 0. The van der Waals surface area contributed by atoms with E-state index in [0.717, 1.165) is 11.3 Å². The quantitative estimate of drug-likeness (QED) is 0.779. The fraction of sp³-hybridized carbons (Fsp3) is 0.0625. The van der Waals surface area contributed by atoms with Gasteiger partial charge in [-0.15, -0.1) is 0 Å². The molecule has 110 valence electrons. The lowest BCUT2D eigenvalue weighted by atomic mass is 10.1. The number of anilines is 2. The minimum absolute atomic E-state index is 0.356.